The highest BCUT2D eigenvalue weighted by Gasteiger charge is 2.31. The molecule has 0 saturated heterocycles. The van der Waals surface area contributed by atoms with Crippen molar-refractivity contribution in [1.29, 1.82) is 0 Å². The van der Waals surface area contributed by atoms with Crippen LogP contribution in [0.1, 0.15) is 51.3 Å². The molecule has 1 aliphatic carbocycles. The summed E-state index contributed by atoms with van der Waals surface area (Å²) in [6.07, 6.45) is 10.8. The molecule has 1 aromatic heterocycles. The lowest BCUT2D eigenvalue weighted by molar-refractivity contribution is 0.352. The third-order valence-corrected chi connectivity index (χ3v) is 3.96. The van der Waals surface area contributed by atoms with Gasteiger partial charge in [0.15, 0.2) is 0 Å². The molecule has 3 unspecified atom stereocenters. The first-order valence-electron chi connectivity index (χ1n) is 6.84. The van der Waals surface area contributed by atoms with Gasteiger partial charge in [-0.2, -0.15) is 0 Å². The number of aromatic nitrogens is 2. The van der Waals surface area contributed by atoms with E-state index >= 15 is 0 Å². The monoisotopic (exact) mass is 233 g/mol. The van der Waals surface area contributed by atoms with E-state index in [1.54, 1.807) is 12.4 Å². The first kappa shape index (κ1) is 12.5. The van der Waals surface area contributed by atoms with Crippen LogP contribution in [-0.2, 0) is 0 Å². The van der Waals surface area contributed by atoms with E-state index in [0.717, 1.165) is 24.1 Å². The van der Waals surface area contributed by atoms with Crippen molar-refractivity contribution < 1.29 is 0 Å². The van der Waals surface area contributed by atoms with Crippen LogP contribution in [0.3, 0.4) is 0 Å². The van der Waals surface area contributed by atoms with Crippen molar-refractivity contribution in [2.45, 2.75) is 45.6 Å². The van der Waals surface area contributed by atoms with Crippen LogP contribution in [0.2, 0.25) is 0 Å². The second-order valence-corrected chi connectivity index (χ2v) is 5.01. The van der Waals surface area contributed by atoms with Crippen molar-refractivity contribution in [2.75, 3.05) is 6.54 Å². The quantitative estimate of drug-likeness (QED) is 0.849. The van der Waals surface area contributed by atoms with Crippen molar-refractivity contribution in [1.82, 2.24) is 15.3 Å². The van der Waals surface area contributed by atoms with Crippen LogP contribution in [0, 0.1) is 11.8 Å². The molecule has 2 rings (SSSR count). The number of hydrogen-bond acceptors (Lipinski definition) is 3. The Hall–Kier alpha value is -0.960. The average Bonchev–Trinajstić information content (AvgIpc) is 2.85. The summed E-state index contributed by atoms with van der Waals surface area (Å²) in [5.41, 5.74) is 1.11. The summed E-state index contributed by atoms with van der Waals surface area (Å²) in [4.78, 5) is 8.66. The van der Waals surface area contributed by atoms with Crippen LogP contribution < -0.4 is 5.32 Å². The molecule has 0 aliphatic heterocycles. The molecule has 3 nitrogen and oxygen atoms in total. The van der Waals surface area contributed by atoms with Crippen molar-refractivity contribution in [3.8, 4) is 0 Å². The van der Waals surface area contributed by atoms with Gasteiger partial charge in [-0.25, -0.2) is 0 Å². The molecule has 0 aromatic carbocycles. The predicted molar refractivity (Wildman–Crippen MR) is 69.6 cm³/mol. The van der Waals surface area contributed by atoms with E-state index < -0.39 is 0 Å². The topological polar surface area (TPSA) is 37.8 Å². The van der Waals surface area contributed by atoms with E-state index in [1.165, 1.54) is 25.7 Å². The maximum atomic E-state index is 4.47. The minimum Gasteiger partial charge on any atom is -0.309 e. The number of nitrogens with zero attached hydrogens (tertiary/aromatic N) is 2. The Morgan fingerprint density at radius 2 is 2.24 bits per heavy atom. The molecule has 0 radical (unpaired) electrons. The highest BCUT2D eigenvalue weighted by molar-refractivity contribution is 5.05. The van der Waals surface area contributed by atoms with Gasteiger partial charge in [0, 0.05) is 18.6 Å². The van der Waals surface area contributed by atoms with Crippen molar-refractivity contribution in [3.63, 3.8) is 0 Å². The fourth-order valence-electron chi connectivity index (χ4n) is 2.99. The van der Waals surface area contributed by atoms with Crippen molar-refractivity contribution in [2.24, 2.45) is 11.8 Å². The summed E-state index contributed by atoms with van der Waals surface area (Å²) in [7, 11) is 0. The van der Waals surface area contributed by atoms with Gasteiger partial charge in [0.1, 0.15) is 0 Å². The number of nitrogens with one attached hydrogen (secondary N) is 1. The molecule has 1 heterocycles. The molecule has 0 amide bonds. The molecular formula is C14H23N3. The SMILES string of the molecule is CCNC(c1cnccn1)C1CCC(CC)C1. The molecule has 1 aliphatic rings. The summed E-state index contributed by atoms with van der Waals surface area (Å²) in [5.74, 6) is 1.65. The molecule has 0 spiro atoms. The zero-order valence-electron chi connectivity index (χ0n) is 10.9. The van der Waals surface area contributed by atoms with Gasteiger partial charge in [-0.15, -0.1) is 0 Å². The molecule has 1 fully saturated rings. The predicted octanol–water partition coefficient (Wildman–Crippen LogP) is 2.95. The number of hydrogen-bond donors (Lipinski definition) is 1. The maximum Gasteiger partial charge on any atom is 0.0758 e. The molecule has 1 N–H and O–H groups in total. The van der Waals surface area contributed by atoms with Gasteiger partial charge in [-0.3, -0.25) is 9.97 Å². The Morgan fingerprint density at radius 1 is 1.35 bits per heavy atom. The third kappa shape index (κ3) is 3.03. The Balaban J connectivity index is 2.08. The van der Waals surface area contributed by atoms with Gasteiger partial charge in [-0.1, -0.05) is 26.7 Å². The Morgan fingerprint density at radius 3 is 2.82 bits per heavy atom. The Kier molecular flexibility index (Phi) is 4.49. The lowest BCUT2D eigenvalue weighted by atomic mass is 9.93. The van der Waals surface area contributed by atoms with Crippen LogP contribution in [-0.4, -0.2) is 16.5 Å². The minimum atomic E-state index is 0.394. The zero-order valence-corrected chi connectivity index (χ0v) is 10.9. The third-order valence-electron chi connectivity index (χ3n) is 3.96. The van der Waals surface area contributed by atoms with E-state index in [4.69, 9.17) is 0 Å². The van der Waals surface area contributed by atoms with E-state index in [2.05, 4.69) is 29.1 Å². The highest BCUT2D eigenvalue weighted by Crippen LogP contribution is 2.39. The van der Waals surface area contributed by atoms with Gasteiger partial charge >= 0.3 is 0 Å². The smallest absolute Gasteiger partial charge is 0.0758 e. The molecule has 1 aromatic rings. The van der Waals surface area contributed by atoms with E-state index in [9.17, 15) is 0 Å². The van der Waals surface area contributed by atoms with E-state index in [-0.39, 0.29) is 0 Å². The zero-order chi connectivity index (χ0) is 12.1. The summed E-state index contributed by atoms with van der Waals surface area (Å²) in [5, 5.41) is 3.58. The second-order valence-electron chi connectivity index (χ2n) is 5.01. The van der Waals surface area contributed by atoms with Gasteiger partial charge in [0.25, 0.3) is 0 Å². The summed E-state index contributed by atoms with van der Waals surface area (Å²) in [6.45, 7) is 5.46. The van der Waals surface area contributed by atoms with E-state index in [1.807, 2.05) is 6.20 Å². The second kappa shape index (κ2) is 6.10. The minimum absolute atomic E-state index is 0.394. The molecular weight excluding hydrogens is 210 g/mol. The standard InChI is InChI=1S/C14H23N3/c1-3-11-5-6-12(9-11)14(16-4-2)13-10-15-7-8-17-13/h7-8,10-12,14,16H,3-6,9H2,1-2H3. The summed E-state index contributed by atoms with van der Waals surface area (Å²) >= 11 is 0. The molecule has 0 bridgehead atoms. The largest absolute Gasteiger partial charge is 0.309 e. The average molecular weight is 233 g/mol. The Labute approximate surface area is 104 Å². The van der Waals surface area contributed by atoms with Crippen LogP contribution in [0.25, 0.3) is 0 Å². The van der Waals surface area contributed by atoms with Crippen LogP contribution in [0.4, 0.5) is 0 Å². The lowest BCUT2D eigenvalue weighted by Crippen LogP contribution is -2.28. The van der Waals surface area contributed by atoms with Crippen LogP contribution in [0.5, 0.6) is 0 Å². The Bertz CT molecular complexity index is 325. The maximum absolute atomic E-state index is 4.47. The van der Waals surface area contributed by atoms with Crippen LogP contribution in [0.15, 0.2) is 18.6 Å². The highest BCUT2D eigenvalue weighted by atomic mass is 15.0. The number of rotatable bonds is 5. The molecule has 3 heteroatoms. The van der Waals surface area contributed by atoms with Crippen LogP contribution >= 0.6 is 0 Å². The van der Waals surface area contributed by atoms with Gasteiger partial charge in [-0.05, 0) is 31.2 Å². The first-order chi connectivity index (χ1) is 8.35. The molecule has 3 atom stereocenters. The summed E-state index contributed by atoms with van der Waals surface area (Å²) in [6, 6.07) is 0.394. The van der Waals surface area contributed by atoms with E-state index in [0.29, 0.717) is 6.04 Å². The van der Waals surface area contributed by atoms with Crippen molar-refractivity contribution in [3.05, 3.63) is 24.3 Å². The fraction of sp³-hybridized carbons (Fsp3) is 0.714. The fourth-order valence-corrected chi connectivity index (χ4v) is 2.99. The van der Waals surface area contributed by atoms with Gasteiger partial charge in [0.05, 0.1) is 11.7 Å². The molecule has 17 heavy (non-hydrogen) atoms. The first-order valence-corrected chi connectivity index (χ1v) is 6.84. The van der Waals surface area contributed by atoms with Crippen molar-refractivity contribution >= 4 is 0 Å². The molecule has 1 saturated carbocycles. The molecule has 94 valence electrons. The van der Waals surface area contributed by atoms with Gasteiger partial charge < -0.3 is 5.32 Å². The van der Waals surface area contributed by atoms with Gasteiger partial charge in [0.2, 0.25) is 0 Å². The summed E-state index contributed by atoms with van der Waals surface area (Å²) < 4.78 is 0. The lowest BCUT2D eigenvalue weighted by Gasteiger charge is -2.23. The normalized spacial score (nSPS) is 26.0.